The van der Waals surface area contributed by atoms with Gasteiger partial charge in [-0.2, -0.15) is 0 Å². The van der Waals surface area contributed by atoms with E-state index >= 15 is 0 Å². The Balaban J connectivity index is 2.49. The first-order chi connectivity index (χ1) is 10.6. The van der Waals surface area contributed by atoms with E-state index in [9.17, 15) is 9.59 Å². The third-order valence-electron chi connectivity index (χ3n) is 2.93. The summed E-state index contributed by atoms with van der Waals surface area (Å²) in [5.74, 6) is 0.265. The zero-order valence-corrected chi connectivity index (χ0v) is 15.5. The van der Waals surface area contributed by atoms with E-state index in [0.29, 0.717) is 18.8 Å². The van der Waals surface area contributed by atoms with Crippen LogP contribution in [-0.4, -0.2) is 42.1 Å². The summed E-state index contributed by atoms with van der Waals surface area (Å²) in [4.78, 5) is 26.8. The molecule has 0 aliphatic heterocycles. The maximum atomic E-state index is 12.3. The Hall–Kier alpha value is -1.01. The van der Waals surface area contributed by atoms with Gasteiger partial charge in [0.2, 0.25) is 11.8 Å². The highest BCUT2D eigenvalue weighted by molar-refractivity contribution is 9.10. The van der Waals surface area contributed by atoms with E-state index in [1.807, 2.05) is 38.1 Å². The smallest absolute Gasteiger partial charge is 0.239 e. The molecule has 0 spiro atoms. The first kappa shape index (κ1) is 19.0. The number of halogens is 1. The van der Waals surface area contributed by atoms with E-state index in [0.717, 1.165) is 22.2 Å². The number of amides is 2. The van der Waals surface area contributed by atoms with Gasteiger partial charge in [-0.1, -0.05) is 29.8 Å². The predicted molar refractivity (Wildman–Crippen MR) is 95.0 cm³/mol. The van der Waals surface area contributed by atoms with E-state index in [-0.39, 0.29) is 18.4 Å². The quantitative estimate of drug-likeness (QED) is 0.662. The average molecular weight is 387 g/mol. The molecule has 0 fully saturated rings. The molecule has 0 aliphatic rings. The predicted octanol–water partition coefficient (Wildman–Crippen LogP) is 3.31. The van der Waals surface area contributed by atoms with Crippen molar-refractivity contribution in [1.82, 2.24) is 10.2 Å². The fourth-order valence-corrected chi connectivity index (χ4v) is 2.89. The van der Waals surface area contributed by atoms with Crippen LogP contribution < -0.4 is 5.32 Å². The summed E-state index contributed by atoms with van der Waals surface area (Å²) in [6.45, 7) is 5.42. The Bertz CT molecular complexity index is 480. The summed E-state index contributed by atoms with van der Waals surface area (Å²) in [5.41, 5.74) is 0. The van der Waals surface area contributed by atoms with Gasteiger partial charge in [0.25, 0.3) is 0 Å². The average Bonchev–Trinajstić information content (AvgIpc) is 2.51. The number of nitrogens with one attached hydrogen (secondary N) is 1. The molecule has 0 unspecified atom stereocenters. The highest BCUT2D eigenvalue weighted by Crippen LogP contribution is 2.20. The fraction of sp³-hybridized carbons (Fsp3) is 0.500. The molecule has 0 heterocycles. The van der Waals surface area contributed by atoms with Crippen LogP contribution in [0.3, 0.4) is 0 Å². The molecule has 1 aromatic rings. The van der Waals surface area contributed by atoms with Gasteiger partial charge in [0.15, 0.2) is 0 Å². The topological polar surface area (TPSA) is 49.4 Å². The van der Waals surface area contributed by atoms with Gasteiger partial charge >= 0.3 is 0 Å². The van der Waals surface area contributed by atoms with Crippen LogP contribution in [0.25, 0.3) is 0 Å². The molecule has 0 saturated heterocycles. The van der Waals surface area contributed by atoms with Crippen molar-refractivity contribution in [3.05, 3.63) is 28.7 Å². The lowest BCUT2D eigenvalue weighted by molar-refractivity contribution is -0.134. The van der Waals surface area contributed by atoms with Gasteiger partial charge in [0.05, 0.1) is 12.3 Å². The maximum absolute atomic E-state index is 12.3. The highest BCUT2D eigenvalue weighted by Gasteiger charge is 2.16. The number of thioether (sulfide) groups is 1. The molecule has 0 aliphatic carbocycles. The second-order valence-corrected chi connectivity index (χ2v) is 6.87. The summed E-state index contributed by atoms with van der Waals surface area (Å²) in [6, 6.07) is 7.85. The van der Waals surface area contributed by atoms with Crippen LogP contribution in [0.1, 0.15) is 26.7 Å². The normalized spacial score (nSPS) is 10.3. The summed E-state index contributed by atoms with van der Waals surface area (Å²) in [7, 11) is 0. The minimum absolute atomic E-state index is 0.00131. The van der Waals surface area contributed by atoms with Gasteiger partial charge in [0.1, 0.15) is 0 Å². The lowest BCUT2D eigenvalue weighted by Gasteiger charge is -2.21. The molecule has 0 radical (unpaired) electrons. The molecule has 1 N–H and O–H groups in total. The standard InChI is InChI=1S/C16H23BrN2O2S/c1-3-9-18-15(20)11-19(10-4-2)16(21)12-22-14-7-5-13(17)6-8-14/h5-8H,3-4,9-12H2,1-2H3,(H,18,20). The lowest BCUT2D eigenvalue weighted by atomic mass is 10.3. The highest BCUT2D eigenvalue weighted by atomic mass is 79.9. The zero-order valence-electron chi connectivity index (χ0n) is 13.1. The van der Waals surface area contributed by atoms with Crippen molar-refractivity contribution in [1.29, 1.82) is 0 Å². The minimum atomic E-state index is -0.0858. The van der Waals surface area contributed by atoms with Crippen molar-refractivity contribution in [3.8, 4) is 0 Å². The van der Waals surface area contributed by atoms with Gasteiger partial charge < -0.3 is 10.2 Å². The number of carbonyl (C=O) groups excluding carboxylic acids is 2. The molecular weight excluding hydrogens is 364 g/mol. The maximum Gasteiger partial charge on any atom is 0.239 e. The summed E-state index contributed by atoms with van der Waals surface area (Å²) < 4.78 is 1.02. The summed E-state index contributed by atoms with van der Waals surface area (Å²) in [6.07, 6.45) is 1.74. The SMILES string of the molecule is CCCNC(=O)CN(CCC)C(=O)CSc1ccc(Br)cc1. The third kappa shape index (κ3) is 7.31. The monoisotopic (exact) mass is 386 g/mol. The Morgan fingerprint density at radius 3 is 2.45 bits per heavy atom. The second-order valence-electron chi connectivity index (χ2n) is 4.91. The Kier molecular flexibility index (Phi) is 9.24. The van der Waals surface area contributed by atoms with E-state index < -0.39 is 0 Å². The molecule has 0 bridgehead atoms. The number of rotatable bonds is 9. The van der Waals surface area contributed by atoms with Crippen molar-refractivity contribution in [2.75, 3.05) is 25.4 Å². The number of hydrogen-bond acceptors (Lipinski definition) is 3. The number of hydrogen-bond donors (Lipinski definition) is 1. The van der Waals surface area contributed by atoms with Crippen molar-refractivity contribution in [3.63, 3.8) is 0 Å². The van der Waals surface area contributed by atoms with Crippen molar-refractivity contribution in [2.45, 2.75) is 31.6 Å². The molecule has 6 heteroatoms. The Labute approximate surface area is 145 Å². The molecule has 0 atom stereocenters. The van der Waals surface area contributed by atoms with Crippen LogP contribution in [-0.2, 0) is 9.59 Å². The Morgan fingerprint density at radius 1 is 1.18 bits per heavy atom. The summed E-state index contributed by atoms with van der Waals surface area (Å²) in [5, 5.41) is 2.81. The molecule has 1 aromatic carbocycles. The largest absolute Gasteiger partial charge is 0.355 e. The molecular formula is C16H23BrN2O2S. The molecule has 4 nitrogen and oxygen atoms in total. The van der Waals surface area contributed by atoms with Crippen LogP contribution in [0.15, 0.2) is 33.6 Å². The van der Waals surface area contributed by atoms with Crippen LogP contribution in [0.4, 0.5) is 0 Å². The Morgan fingerprint density at radius 2 is 1.86 bits per heavy atom. The molecule has 0 aromatic heterocycles. The third-order valence-corrected chi connectivity index (χ3v) is 4.45. The zero-order chi connectivity index (χ0) is 16.4. The second kappa shape index (κ2) is 10.7. The van der Waals surface area contributed by atoms with E-state index in [2.05, 4.69) is 21.2 Å². The van der Waals surface area contributed by atoms with E-state index in [4.69, 9.17) is 0 Å². The van der Waals surface area contributed by atoms with Crippen molar-refractivity contribution in [2.24, 2.45) is 0 Å². The number of nitrogens with zero attached hydrogens (tertiary/aromatic N) is 1. The molecule has 22 heavy (non-hydrogen) atoms. The first-order valence-electron chi connectivity index (χ1n) is 7.49. The molecule has 0 saturated carbocycles. The lowest BCUT2D eigenvalue weighted by Crippen LogP contribution is -2.42. The number of carbonyl (C=O) groups is 2. The fourth-order valence-electron chi connectivity index (χ4n) is 1.82. The van der Waals surface area contributed by atoms with Crippen LogP contribution >= 0.6 is 27.7 Å². The van der Waals surface area contributed by atoms with Crippen molar-refractivity contribution >= 4 is 39.5 Å². The van der Waals surface area contributed by atoms with Crippen LogP contribution in [0, 0.1) is 0 Å². The first-order valence-corrected chi connectivity index (χ1v) is 9.27. The van der Waals surface area contributed by atoms with Gasteiger partial charge in [-0.25, -0.2) is 0 Å². The van der Waals surface area contributed by atoms with Crippen LogP contribution in [0.2, 0.25) is 0 Å². The molecule has 2 amide bonds. The summed E-state index contributed by atoms with van der Waals surface area (Å²) >= 11 is 4.88. The number of benzene rings is 1. The van der Waals surface area contributed by atoms with Crippen molar-refractivity contribution < 1.29 is 9.59 Å². The van der Waals surface area contributed by atoms with Gasteiger partial charge in [-0.05, 0) is 37.1 Å². The molecule has 1 rings (SSSR count). The van der Waals surface area contributed by atoms with Gasteiger partial charge in [-0.3, -0.25) is 9.59 Å². The molecule has 122 valence electrons. The minimum Gasteiger partial charge on any atom is -0.355 e. The van der Waals surface area contributed by atoms with E-state index in [1.54, 1.807) is 4.90 Å². The van der Waals surface area contributed by atoms with Gasteiger partial charge in [-0.15, -0.1) is 11.8 Å². The van der Waals surface area contributed by atoms with E-state index in [1.165, 1.54) is 11.8 Å². The van der Waals surface area contributed by atoms with Crippen LogP contribution in [0.5, 0.6) is 0 Å². The van der Waals surface area contributed by atoms with Gasteiger partial charge in [0, 0.05) is 22.5 Å².